The molecule has 0 aromatic heterocycles. The third kappa shape index (κ3) is 5.24. The molecule has 0 spiro atoms. The lowest BCUT2D eigenvalue weighted by Crippen LogP contribution is -2.53. The highest BCUT2D eigenvalue weighted by atomic mass is 28.4. The number of methoxy groups -OCH3 is 1. The van der Waals surface area contributed by atoms with Gasteiger partial charge in [-0.25, -0.2) is 4.79 Å². The third-order valence-corrected chi connectivity index (χ3v) is 6.11. The van der Waals surface area contributed by atoms with E-state index in [1.165, 1.54) is 7.11 Å². The number of carbonyl (C=O) groups excluding carboxylic acids is 1. The molecule has 1 aliphatic heterocycles. The van der Waals surface area contributed by atoms with Crippen LogP contribution in [0.3, 0.4) is 0 Å². The second kappa shape index (κ2) is 6.95. The zero-order valence-corrected chi connectivity index (χ0v) is 17.1. The van der Waals surface area contributed by atoms with Crippen molar-refractivity contribution in [1.29, 1.82) is 0 Å². The zero-order chi connectivity index (χ0) is 17.1. The summed E-state index contributed by atoms with van der Waals surface area (Å²) in [4.78, 5) is 12.0. The fraction of sp³-hybridized carbons (Fsp3) is 0.786. The number of carbonyl (C=O) groups is 1. The normalized spacial score (nSPS) is 22.2. The Kier molecular flexibility index (Phi) is 5.97. The molecule has 0 bridgehead atoms. The molecule has 126 valence electrons. The highest BCUT2D eigenvalue weighted by Crippen LogP contribution is 2.27. The van der Waals surface area contributed by atoms with Crippen LogP contribution in [-0.2, 0) is 14.0 Å². The lowest BCUT2D eigenvalue weighted by molar-refractivity contribution is -0.144. The standard InChI is InChI=1S/C14H29N3O3Si2/c1-11(20-22(6,7)8)15-16-13-10-9-12(14(18)19-2)17(13)21(3,4)5/h12H,9-10H2,1-8H3/b15-11+,16-13-. The van der Waals surface area contributed by atoms with Gasteiger partial charge in [0.15, 0.2) is 5.90 Å². The van der Waals surface area contributed by atoms with Crippen molar-refractivity contribution >= 4 is 34.3 Å². The second-order valence-electron chi connectivity index (χ2n) is 7.47. The molecule has 1 heterocycles. The molecule has 1 saturated heterocycles. The van der Waals surface area contributed by atoms with Crippen LogP contribution in [0.2, 0.25) is 39.3 Å². The Morgan fingerprint density at radius 2 is 1.82 bits per heavy atom. The minimum Gasteiger partial charge on any atom is -0.534 e. The van der Waals surface area contributed by atoms with Crippen molar-refractivity contribution in [2.45, 2.75) is 65.1 Å². The molecule has 8 heteroatoms. The van der Waals surface area contributed by atoms with E-state index in [1.807, 2.05) is 6.92 Å². The second-order valence-corrected chi connectivity index (χ2v) is 16.7. The van der Waals surface area contributed by atoms with Gasteiger partial charge in [-0.1, -0.05) is 19.6 Å². The Hall–Kier alpha value is -1.16. The fourth-order valence-electron chi connectivity index (χ4n) is 2.60. The molecule has 22 heavy (non-hydrogen) atoms. The number of nitrogens with zero attached hydrogens (tertiary/aromatic N) is 3. The summed E-state index contributed by atoms with van der Waals surface area (Å²) < 4.78 is 12.9. The van der Waals surface area contributed by atoms with Crippen molar-refractivity contribution in [3.8, 4) is 0 Å². The zero-order valence-electron chi connectivity index (χ0n) is 15.1. The molecule has 1 unspecified atom stereocenters. The molecule has 1 rings (SSSR count). The molecule has 0 aromatic carbocycles. The molecule has 0 aliphatic carbocycles. The first-order valence-electron chi connectivity index (χ1n) is 7.63. The molecule has 0 N–H and O–H groups in total. The smallest absolute Gasteiger partial charge is 0.327 e. The summed E-state index contributed by atoms with van der Waals surface area (Å²) in [6.07, 6.45) is 1.48. The Balaban J connectivity index is 3.00. The topological polar surface area (TPSA) is 63.5 Å². The average molecular weight is 344 g/mol. The average Bonchev–Trinajstić information content (AvgIpc) is 2.77. The van der Waals surface area contributed by atoms with Gasteiger partial charge in [-0.15, -0.1) is 10.2 Å². The van der Waals surface area contributed by atoms with E-state index in [0.29, 0.717) is 5.90 Å². The van der Waals surface area contributed by atoms with Crippen LogP contribution in [0.15, 0.2) is 10.2 Å². The largest absolute Gasteiger partial charge is 0.534 e. The van der Waals surface area contributed by atoms with Gasteiger partial charge < -0.3 is 13.7 Å². The van der Waals surface area contributed by atoms with Gasteiger partial charge in [0, 0.05) is 13.3 Å². The fourth-order valence-corrected chi connectivity index (χ4v) is 5.63. The van der Waals surface area contributed by atoms with Crippen LogP contribution in [-0.4, -0.2) is 52.0 Å². The van der Waals surface area contributed by atoms with Crippen molar-refractivity contribution < 1.29 is 14.0 Å². The van der Waals surface area contributed by atoms with E-state index >= 15 is 0 Å². The molecular formula is C14H29N3O3Si2. The minimum absolute atomic E-state index is 0.188. The van der Waals surface area contributed by atoms with Crippen molar-refractivity contribution in [3.63, 3.8) is 0 Å². The van der Waals surface area contributed by atoms with E-state index in [4.69, 9.17) is 9.16 Å². The number of ether oxygens (including phenoxy) is 1. The van der Waals surface area contributed by atoms with Gasteiger partial charge in [0.05, 0.1) is 7.11 Å². The number of hydrogen-bond acceptors (Lipinski definition) is 5. The first-order chi connectivity index (χ1) is 9.95. The van der Waals surface area contributed by atoms with Gasteiger partial charge in [0.2, 0.25) is 8.32 Å². The van der Waals surface area contributed by atoms with Gasteiger partial charge in [-0.2, -0.15) is 0 Å². The number of rotatable bonds is 4. The van der Waals surface area contributed by atoms with Gasteiger partial charge in [0.1, 0.15) is 20.1 Å². The lowest BCUT2D eigenvalue weighted by Gasteiger charge is -2.36. The first-order valence-corrected chi connectivity index (χ1v) is 14.5. The van der Waals surface area contributed by atoms with E-state index in [-0.39, 0.29) is 12.0 Å². The summed E-state index contributed by atoms with van der Waals surface area (Å²) in [5.41, 5.74) is 0. The van der Waals surface area contributed by atoms with Gasteiger partial charge in [-0.05, 0) is 26.1 Å². The predicted octanol–water partition coefficient (Wildman–Crippen LogP) is 3.04. The summed E-state index contributed by atoms with van der Waals surface area (Å²) >= 11 is 0. The summed E-state index contributed by atoms with van der Waals surface area (Å²) in [5, 5.41) is 8.60. The molecule has 0 aromatic rings. The minimum atomic E-state index is -1.75. The van der Waals surface area contributed by atoms with Crippen LogP contribution >= 0.6 is 0 Å². The Labute approximate surface area is 135 Å². The van der Waals surface area contributed by atoms with Gasteiger partial charge >= 0.3 is 5.97 Å². The molecule has 1 aliphatic rings. The highest BCUT2D eigenvalue weighted by Gasteiger charge is 2.42. The summed E-state index contributed by atoms with van der Waals surface area (Å²) in [7, 11) is -1.98. The third-order valence-electron chi connectivity index (χ3n) is 3.19. The Morgan fingerprint density at radius 1 is 1.23 bits per heavy atom. The first kappa shape index (κ1) is 18.9. The maximum Gasteiger partial charge on any atom is 0.327 e. The molecule has 1 fully saturated rings. The van der Waals surface area contributed by atoms with Crippen molar-refractivity contribution in [3.05, 3.63) is 0 Å². The van der Waals surface area contributed by atoms with Crippen molar-refractivity contribution in [2.75, 3.05) is 7.11 Å². The lowest BCUT2D eigenvalue weighted by atomic mass is 10.2. The summed E-state index contributed by atoms with van der Waals surface area (Å²) in [6, 6.07) is -0.233. The molecular weight excluding hydrogens is 314 g/mol. The molecule has 1 atom stereocenters. The molecule has 6 nitrogen and oxygen atoms in total. The number of esters is 1. The van der Waals surface area contributed by atoms with E-state index in [0.717, 1.165) is 18.7 Å². The van der Waals surface area contributed by atoms with E-state index in [9.17, 15) is 4.79 Å². The number of hydrogen-bond donors (Lipinski definition) is 0. The maximum absolute atomic E-state index is 12.0. The molecule has 0 radical (unpaired) electrons. The molecule has 0 amide bonds. The van der Waals surface area contributed by atoms with Crippen LogP contribution in [0.5, 0.6) is 0 Å². The number of amidine groups is 1. The van der Waals surface area contributed by atoms with Crippen LogP contribution in [0.25, 0.3) is 0 Å². The van der Waals surface area contributed by atoms with Crippen LogP contribution in [0.4, 0.5) is 0 Å². The SMILES string of the molecule is COC(=O)C1CC/C(=N/N=C(\C)O[Si](C)(C)C)N1[Si](C)(C)C. The Morgan fingerprint density at radius 3 is 2.27 bits per heavy atom. The highest BCUT2D eigenvalue weighted by molar-refractivity contribution is 6.76. The Bertz CT molecular complexity index is 479. The van der Waals surface area contributed by atoms with Crippen LogP contribution in [0.1, 0.15) is 19.8 Å². The van der Waals surface area contributed by atoms with E-state index in [2.05, 4.69) is 54.1 Å². The molecule has 0 saturated carbocycles. The summed E-state index contributed by atoms with van der Waals surface area (Å²) in [6.45, 7) is 14.7. The maximum atomic E-state index is 12.0. The predicted molar refractivity (Wildman–Crippen MR) is 95.2 cm³/mol. The van der Waals surface area contributed by atoms with Crippen LogP contribution < -0.4 is 0 Å². The van der Waals surface area contributed by atoms with Gasteiger partial charge in [-0.3, -0.25) is 0 Å². The van der Waals surface area contributed by atoms with Crippen molar-refractivity contribution in [1.82, 2.24) is 4.57 Å². The van der Waals surface area contributed by atoms with Crippen LogP contribution in [0, 0.1) is 0 Å². The monoisotopic (exact) mass is 343 g/mol. The quantitative estimate of drug-likeness (QED) is 0.259. The van der Waals surface area contributed by atoms with Gasteiger partial charge in [0.25, 0.3) is 0 Å². The van der Waals surface area contributed by atoms with E-state index < -0.39 is 16.6 Å². The van der Waals surface area contributed by atoms with E-state index in [1.54, 1.807) is 0 Å². The van der Waals surface area contributed by atoms with Crippen molar-refractivity contribution in [2.24, 2.45) is 10.2 Å². The summed E-state index contributed by atoms with van der Waals surface area (Å²) in [5.74, 6) is 1.27.